The smallest absolute Gasteiger partial charge is 0.330 e. The lowest BCUT2D eigenvalue weighted by Crippen LogP contribution is -2.41. The maximum atomic E-state index is 12.4. The minimum atomic E-state index is -3.44. The second-order valence-corrected chi connectivity index (χ2v) is 15.7. The molecule has 0 unspecified atom stereocenters. The highest BCUT2D eigenvalue weighted by Gasteiger charge is 2.56. The normalized spacial score (nSPS) is 23.4. The van der Waals surface area contributed by atoms with Gasteiger partial charge in [-0.25, -0.2) is 9.88 Å². The number of aromatic amines is 1. The van der Waals surface area contributed by atoms with E-state index < -0.39 is 58.1 Å². The molecule has 1 fully saturated rings. The summed E-state index contributed by atoms with van der Waals surface area (Å²) in [6.07, 6.45) is -3.32. The maximum absolute atomic E-state index is 12.4. The van der Waals surface area contributed by atoms with Gasteiger partial charge in [0.2, 0.25) is 0 Å². The Labute approximate surface area is 245 Å². The van der Waals surface area contributed by atoms with Gasteiger partial charge in [0, 0.05) is 23.4 Å². The van der Waals surface area contributed by atoms with Crippen molar-refractivity contribution in [2.75, 3.05) is 19.0 Å². The van der Waals surface area contributed by atoms with E-state index in [0.717, 1.165) is 28.6 Å². The van der Waals surface area contributed by atoms with Crippen LogP contribution in [0.4, 0.5) is 0 Å². The first kappa shape index (κ1) is 34.4. The molecule has 3 N–H and O–H groups in total. The number of aliphatic hydroxyl groups is 1. The number of H-pyrrole nitrogens is 1. The topological polar surface area (TPSA) is 158 Å². The predicted octanol–water partition coefficient (Wildman–Crippen LogP) is 2.46. The lowest BCUT2D eigenvalue weighted by atomic mass is 10.00. The Bertz CT molecular complexity index is 1190. The van der Waals surface area contributed by atoms with Gasteiger partial charge in [-0.1, -0.05) is 55.7 Å². The van der Waals surface area contributed by atoms with Crippen LogP contribution < -0.4 is 16.3 Å². The Hall–Kier alpha value is -0.800. The van der Waals surface area contributed by atoms with E-state index >= 15 is 0 Å². The van der Waals surface area contributed by atoms with Gasteiger partial charge in [0.1, 0.15) is 18.2 Å². The van der Waals surface area contributed by atoms with E-state index in [0.29, 0.717) is 0 Å². The van der Waals surface area contributed by atoms with Crippen LogP contribution in [0.15, 0.2) is 21.9 Å². The minimum Gasteiger partial charge on any atom is -0.462 e. The largest absolute Gasteiger partial charge is 0.462 e. The van der Waals surface area contributed by atoms with Gasteiger partial charge in [-0.2, -0.15) is 0 Å². The molecule has 1 aromatic heterocycles. The number of esters is 1. The van der Waals surface area contributed by atoms with Gasteiger partial charge in [-0.05, 0) is 32.6 Å². The van der Waals surface area contributed by atoms with Crippen LogP contribution in [0.2, 0.25) is 0 Å². The maximum Gasteiger partial charge on any atom is 0.330 e. The van der Waals surface area contributed by atoms with Crippen molar-refractivity contribution in [3.05, 3.63) is 33.1 Å². The van der Waals surface area contributed by atoms with Gasteiger partial charge in [0.05, 0.1) is 19.3 Å². The van der Waals surface area contributed by atoms with Crippen LogP contribution in [0.3, 0.4) is 0 Å². The Balaban J connectivity index is 2.16. The minimum absolute atomic E-state index is 0.0150. The summed E-state index contributed by atoms with van der Waals surface area (Å²) >= 11 is 19.4. The van der Waals surface area contributed by atoms with Crippen LogP contribution in [-0.4, -0.2) is 73.4 Å². The molecule has 1 aromatic rings. The van der Waals surface area contributed by atoms with E-state index in [2.05, 4.69) is 10.1 Å². The van der Waals surface area contributed by atoms with Crippen LogP contribution in [0.1, 0.15) is 47.8 Å². The third kappa shape index (κ3) is 9.63. The van der Waals surface area contributed by atoms with Crippen molar-refractivity contribution in [1.82, 2.24) is 14.6 Å². The van der Waals surface area contributed by atoms with Crippen molar-refractivity contribution in [3.8, 4) is 0 Å². The number of aromatic nitrogens is 2. The molecule has 17 heteroatoms. The molecule has 0 spiro atoms. The number of alkyl halides is 2. The quantitative estimate of drug-likeness (QED) is 0.132. The molecule has 0 amide bonds. The summed E-state index contributed by atoms with van der Waals surface area (Å²) in [5.41, 5.74) is -2.02. The highest BCUT2D eigenvalue weighted by atomic mass is 35.5. The van der Waals surface area contributed by atoms with Crippen LogP contribution in [-0.2, 0) is 39.9 Å². The second-order valence-electron chi connectivity index (χ2n) is 10.0. The number of thioether (sulfide) groups is 1. The van der Waals surface area contributed by atoms with Crippen LogP contribution in [0.25, 0.3) is 0 Å². The summed E-state index contributed by atoms with van der Waals surface area (Å²) in [5, 5.41) is 13.6. The van der Waals surface area contributed by atoms with Crippen molar-refractivity contribution < 1.29 is 33.2 Å². The van der Waals surface area contributed by atoms with Gasteiger partial charge in [0.25, 0.3) is 12.2 Å². The fraction of sp³-hybridized carbons (Fsp3) is 0.727. The molecule has 0 aromatic carbocycles. The molecule has 0 saturated carbocycles. The van der Waals surface area contributed by atoms with E-state index in [1.807, 2.05) is 0 Å². The first-order chi connectivity index (χ1) is 17.9. The van der Waals surface area contributed by atoms with Gasteiger partial charge in [-0.15, -0.1) is 0 Å². The number of hydrogen-bond acceptors (Lipinski definition) is 11. The molecule has 2 heterocycles. The Morgan fingerprint density at radius 3 is 2.51 bits per heavy atom. The third-order valence-corrected chi connectivity index (χ3v) is 9.87. The molecule has 1 aliphatic heterocycles. The molecule has 0 bridgehead atoms. The average Bonchev–Trinajstić information content (AvgIpc) is 3.03. The third-order valence-electron chi connectivity index (χ3n) is 5.14. The van der Waals surface area contributed by atoms with Gasteiger partial charge < -0.3 is 23.6 Å². The summed E-state index contributed by atoms with van der Waals surface area (Å²) in [5.74, 6) is -0.310. The monoisotopic (exact) mass is 649 g/mol. The van der Waals surface area contributed by atoms with E-state index in [1.165, 1.54) is 6.92 Å². The second kappa shape index (κ2) is 13.9. The average molecular weight is 651 g/mol. The highest BCUT2D eigenvalue weighted by molar-refractivity contribution is 8.13. The fourth-order valence-corrected chi connectivity index (χ4v) is 7.00. The zero-order chi connectivity index (χ0) is 29.8. The first-order valence-corrected chi connectivity index (χ1v) is 16.3. The first-order valence-electron chi connectivity index (χ1n) is 11.9. The van der Waals surface area contributed by atoms with Crippen LogP contribution in [0.5, 0.6) is 0 Å². The Morgan fingerprint density at radius 2 is 1.95 bits per heavy atom. The highest BCUT2D eigenvalue weighted by Crippen LogP contribution is 2.49. The number of carbonyl (C=O) groups is 2. The number of nitrogens with one attached hydrogen (secondary N) is 2. The van der Waals surface area contributed by atoms with Crippen LogP contribution >= 0.6 is 41.6 Å². The molecular formula is C22H34Cl2N3O9PS2. The van der Waals surface area contributed by atoms with Crippen LogP contribution in [0, 0.1) is 5.41 Å². The molecule has 1 saturated heterocycles. The van der Waals surface area contributed by atoms with Crippen molar-refractivity contribution in [3.63, 3.8) is 0 Å². The number of halogens is 2. The molecule has 2 rings (SSSR count). The number of rotatable bonds is 12. The molecular weight excluding hydrogens is 616 g/mol. The Kier molecular flexibility index (Phi) is 12.3. The van der Waals surface area contributed by atoms with Crippen molar-refractivity contribution >= 4 is 64.5 Å². The van der Waals surface area contributed by atoms with Crippen molar-refractivity contribution in [2.45, 2.75) is 76.5 Å². The number of carbonyl (C=O) groups excluding carboxylic acids is 2. The molecule has 1 aliphatic rings. The summed E-state index contributed by atoms with van der Waals surface area (Å²) in [6.45, 7) is 6.52. The zero-order valence-electron chi connectivity index (χ0n) is 22.3. The lowest BCUT2D eigenvalue weighted by molar-refractivity contribution is -0.149. The molecule has 12 nitrogen and oxygen atoms in total. The predicted molar refractivity (Wildman–Crippen MR) is 153 cm³/mol. The van der Waals surface area contributed by atoms with E-state index in [9.17, 15) is 24.3 Å². The molecule has 0 radical (unpaired) electrons. The fourth-order valence-electron chi connectivity index (χ4n) is 3.13. The van der Waals surface area contributed by atoms with E-state index in [1.54, 1.807) is 34.6 Å². The molecule has 222 valence electrons. The lowest BCUT2D eigenvalue weighted by Gasteiger charge is -2.28. The number of nitrogens with zero attached hydrogens (tertiary/aromatic N) is 1. The summed E-state index contributed by atoms with van der Waals surface area (Å²) in [6, 6.07) is 0.159. The van der Waals surface area contributed by atoms with Crippen molar-refractivity contribution in [1.29, 1.82) is 0 Å². The molecule has 39 heavy (non-hydrogen) atoms. The zero-order valence-corrected chi connectivity index (χ0v) is 26.4. The number of aliphatic hydroxyl groups excluding tert-OH is 1. The summed E-state index contributed by atoms with van der Waals surface area (Å²) in [4.78, 5) is 50.3. The molecule has 5 atom stereocenters. The number of ether oxygens (including phenoxy) is 2. The van der Waals surface area contributed by atoms with E-state index in [4.69, 9.17) is 53.5 Å². The van der Waals surface area contributed by atoms with Gasteiger partial charge in [-0.3, -0.25) is 23.9 Å². The summed E-state index contributed by atoms with van der Waals surface area (Å²) in [7, 11) is 0. The van der Waals surface area contributed by atoms with Crippen molar-refractivity contribution in [2.24, 2.45) is 5.41 Å². The van der Waals surface area contributed by atoms with Gasteiger partial charge >= 0.3 is 11.7 Å². The van der Waals surface area contributed by atoms with Gasteiger partial charge in [0.15, 0.2) is 15.7 Å². The Morgan fingerprint density at radius 1 is 1.31 bits per heavy atom. The SMILES string of the molecule is CC(C)OC(=O)[C@@H](C)N[P@](=S)(OCCSC(=O)C(C)(C)C)OC[C@H]1O[C@@H](n2ccc(=O)[nH]c2=O)C(Cl)(Cl)[C@@H]1O. The summed E-state index contributed by atoms with van der Waals surface area (Å²) < 4.78 is 21.6. The standard InChI is InChI=1S/C22H34Cl2N3O9PS2/c1-12(2)35-17(30)13(3)26-37(38,33-9-10-39-19(31)21(4,5)6)34-11-14-16(29)22(23,24)18(36-14)27-8-7-15(28)25-20(27)32/h7-8,12-14,16,18,29H,9-11H2,1-6H3,(H,26,38)(H,25,28,32)/t13-,14-,16-,18-,37+/m1/s1. The van der Waals surface area contributed by atoms with E-state index in [-0.39, 0.29) is 30.2 Å². The molecule has 0 aliphatic carbocycles. The number of hydrogen-bond donors (Lipinski definition) is 3.